The van der Waals surface area contributed by atoms with Crippen molar-refractivity contribution in [1.82, 2.24) is 5.32 Å². The van der Waals surface area contributed by atoms with E-state index in [4.69, 9.17) is 9.47 Å². The number of rotatable bonds is 7. The fraction of sp³-hybridized carbons (Fsp3) is 0.500. The van der Waals surface area contributed by atoms with E-state index in [0.717, 1.165) is 29.8 Å². The number of unbranched alkanes of at least 4 members (excludes halogenated alkanes) is 1. The van der Waals surface area contributed by atoms with Gasteiger partial charge in [0.25, 0.3) is 0 Å². The fourth-order valence-electron chi connectivity index (χ4n) is 2.34. The normalized spacial score (nSPS) is 18.9. The lowest BCUT2D eigenvalue weighted by atomic mass is 10.0. The molecular weight excluding hydrogens is 292 g/mol. The van der Waals surface area contributed by atoms with Gasteiger partial charge in [-0.1, -0.05) is 19.4 Å². The average Bonchev–Trinajstić information content (AvgIpc) is 2.53. The number of benzene rings is 1. The molecule has 126 valence electrons. The molecule has 0 aliphatic carbocycles. The predicted molar refractivity (Wildman–Crippen MR) is 92.9 cm³/mol. The Morgan fingerprint density at radius 3 is 2.91 bits per heavy atom. The molecule has 5 nitrogen and oxygen atoms in total. The van der Waals surface area contributed by atoms with Crippen molar-refractivity contribution in [3.63, 3.8) is 0 Å². The van der Waals surface area contributed by atoms with Gasteiger partial charge in [-0.2, -0.15) is 0 Å². The summed E-state index contributed by atoms with van der Waals surface area (Å²) in [7, 11) is 0. The van der Waals surface area contributed by atoms with E-state index < -0.39 is 5.60 Å². The van der Waals surface area contributed by atoms with Crippen LogP contribution in [0.25, 0.3) is 6.08 Å². The second-order valence-electron chi connectivity index (χ2n) is 5.87. The van der Waals surface area contributed by atoms with Crippen LogP contribution in [0, 0.1) is 0 Å². The van der Waals surface area contributed by atoms with E-state index in [1.54, 1.807) is 0 Å². The average molecular weight is 318 g/mol. The van der Waals surface area contributed by atoms with Crippen LogP contribution >= 0.6 is 0 Å². The zero-order valence-corrected chi connectivity index (χ0v) is 14.1. The number of carbonyl (C=O) groups excluding carboxylic acids is 1. The highest BCUT2D eigenvalue weighted by Crippen LogP contribution is 2.33. The van der Waals surface area contributed by atoms with Gasteiger partial charge in [0.1, 0.15) is 11.4 Å². The van der Waals surface area contributed by atoms with Crippen molar-refractivity contribution < 1.29 is 14.3 Å². The molecule has 1 unspecified atom stereocenters. The van der Waals surface area contributed by atoms with Crippen molar-refractivity contribution in [2.75, 3.05) is 25.1 Å². The first-order valence-electron chi connectivity index (χ1n) is 8.21. The molecule has 0 saturated carbocycles. The Kier molecular flexibility index (Phi) is 6.04. The van der Waals surface area contributed by atoms with E-state index in [0.29, 0.717) is 19.8 Å². The van der Waals surface area contributed by atoms with Crippen LogP contribution in [-0.2, 0) is 4.74 Å². The maximum Gasteiger partial charge on any atom is 0.319 e. The third kappa shape index (κ3) is 4.99. The van der Waals surface area contributed by atoms with E-state index in [-0.39, 0.29) is 6.03 Å². The van der Waals surface area contributed by atoms with Crippen LogP contribution in [0.4, 0.5) is 10.5 Å². The zero-order chi connectivity index (χ0) is 16.7. The van der Waals surface area contributed by atoms with Crippen LogP contribution in [0.2, 0.25) is 0 Å². The molecule has 0 aromatic heterocycles. The topological polar surface area (TPSA) is 59.6 Å². The monoisotopic (exact) mass is 318 g/mol. The number of hydrogen-bond donors (Lipinski definition) is 2. The minimum Gasteiger partial charge on any atom is -0.480 e. The third-order valence-electron chi connectivity index (χ3n) is 3.63. The first-order valence-corrected chi connectivity index (χ1v) is 8.21. The van der Waals surface area contributed by atoms with Gasteiger partial charge >= 0.3 is 6.03 Å². The highest BCUT2D eigenvalue weighted by Gasteiger charge is 2.27. The largest absolute Gasteiger partial charge is 0.480 e. The van der Waals surface area contributed by atoms with Gasteiger partial charge < -0.3 is 20.1 Å². The third-order valence-corrected chi connectivity index (χ3v) is 3.63. The number of anilines is 1. The van der Waals surface area contributed by atoms with Crippen LogP contribution < -0.4 is 15.4 Å². The minimum absolute atomic E-state index is 0.180. The smallest absolute Gasteiger partial charge is 0.319 e. The van der Waals surface area contributed by atoms with Crippen LogP contribution in [0.15, 0.2) is 24.3 Å². The lowest BCUT2D eigenvalue weighted by Gasteiger charge is -2.31. The van der Waals surface area contributed by atoms with Crippen LogP contribution in [0.3, 0.4) is 0 Å². The lowest BCUT2D eigenvalue weighted by Crippen LogP contribution is -2.37. The van der Waals surface area contributed by atoms with E-state index in [1.165, 1.54) is 0 Å². The number of ether oxygens (including phenoxy) is 2. The molecule has 2 amide bonds. The summed E-state index contributed by atoms with van der Waals surface area (Å²) >= 11 is 0. The molecule has 1 atom stereocenters. The van der Waals surface area contributed by atoms with Gasteiger partial charge in [-0.25, -0.2) is 4.79 Å². The van der Waals surface area contributed by atoms with Crippen molar-refractivity contribution in [3.05, 3.63) is 29.8 Å². The fourth-order valence-corrected chi connectivity index (χ4v) is 2.34. The minimum atomic E-state index is -0.449. The van der Waals surface area contributed by atoms with Gasteiger partial charge in [-0.05, 0) is 44.5 Å². The first kappa shape index (κ1) is 17.3. The summed E-state index contributed by atoms with van der Waals surface area (Å²) in [5.41, 5.74) is 1.25. The van der Waals surface area contributed by atoms with Gasteiger partial charge in [0, 0.05) is 24.4 Å². The maximum absolute atomic E-state index is 11.8. The molecule has 1 aromatic rings. The Morgan fingerprint density at radius 1 is 1.35 bits per heavy atom. The quantitative estimate of drug-likeness (QED) is 0.752. The molecule has 0 saturated heterocycles. The molecule has 2 rings (SSSR count). The van der Waals surface area contributed by atoms with E-state index >= 15 is 0 Å². The summed E-state index contributed by atoms with van der Waals surface area (Å²) in [6.07, 6.45) is 6.04. The number of carbonyl (C=O) groups is 1. The number of urea groups is 1. The molecule has 0 fully saturated rings. The summed E-state index contributed by atoms with van der Waals surface area (Å²) in [6, 6.07) is 5.45. The highest BCUT2D eigenvalue weighted by atomic mass is 16.5. The van der Waals surface area contributed by atoms with Crippen molar-refractivity contribution >= 4 is 17.8 Å². The van der Waals surface area contributed by atoms with Crippen LogP contribution in [-0.4, -0.2) is 31.4 Å². The van der Waals surface area contributed by atoms with Crippen molar-refractivity contribution in [2.24, 2.45) is 0 Å². The van der Waals surface area contributed by atoms with Gasteiger partial charge in [0.05, 0.1) is 6.61 Å². The number of fused-ring (bicyclic) bond motifs is 1. The van der Waals surface area contributed by atoms with Crippen molar-refractivity contribution in [2.45, 2.75) is 39.2 Å². The number of hydrogen-bond acceptors (Lipinski definition) is 3. The SMILES string of the molecule is CCCCNC(=O)Nc1ccc2c(c1)C=CC(C)(COCC)O2. The molecule has 23 heavy (non-hydrogen) atoms. The standard InChI is InChI=1S/C18H26N2O3/c1-4-6-11-19-17(21)20-15-7-8-16-14(12-15)9-10-18(3,23-16)13-22-5-2/h7-10,12H,4-6,11,13H2,1-3H3,(H2,19,20,21). The van der Waals surface area contributed by atoms with Gasteiger partial charge in [0.2, 0.25) is 0 Å². The molecule has 0 radical (unpaired) electrons. The van der Waals surface area contributed by atoms with Crippen LogP contribution in [0.1, 0.15) is 39.2 Å². The summed E-state index contributed by atoms with van der Waals surface area (Å²) < 4.78 is 11.5. The Morgan fingerprint density at radius 2 is 2.17 bits per heavy atom. The van der Waals surface area contributed by atoms with Gasteiger partial charge in [-0.3, -0.25) is 0 Å². The maximum atomic E-state index is 11.8. The number of amides is 2. The zero-order valence-electron chi connectivity index (χ0n) is 14.1. The Bertz CT molecular complexity index is 571. The molecule has 2 N–H and O–H groups in total. The second-order valence-corrected chi connectivity index (χ2v) is 5.87. The van der Waals surface area contributed by atoms with E-state index in [2.05, 4.69) is 17.6 Å². The van der Waals surface area contributed by atoms with E-state index in [9.17, 15) is 4.79 Å². The second kappa shape index (κ2) is 8.02. The first-order chi connectivity index (χ1) is 11.1. The van der Waals surface area contributed by atoms with Gasteiger partial charge in [-0.15, -0.1) is 0 Å². The number of nitrogens with one attached hydrogen (secondary N) is 2. The Labute approximate surface area is 138 Å². The van der Waals surface area contributed by atoms with Crippen molar-refractivity contribution in [1.29, 1.82) is 0 Å². The molecule has 1 aliphatic rings. The predicted octanol–water partition coefficient (Wildman–Crippen LogP) is 3.81. The van der Waals surface area contributed by atoms with Gasteiger partial charge in [0.15, 0.2) is 0 Å². The Hall–Kier alpha value is -2.01. The Balaban J connectivity index is 1.98. The molecule has 0 bridgehead atoms. The molecule has 0 spiro atoms. The molecule has 1 heterocycles. The lowest BCUT2D eigenvalue weighted by molar-refractivity contribution is 0.0188. The molecular formula is C18H26N2O3. The highest BCUT2D eigenvalue weighted by molar-refractivity contribution is 5.89. The van der Waals surface area contributed by atoms with Crippen molar-refractivity contribution in [3.8, 4) is 5.75 Å². The molecule has 1 aliphatic heterocycles. The van der Waals surface area contributed by atoms with Crippen LogP contribution in [0.5, 0.6) is 5.75 Å². The summed E-state index contributed by atoms with van der Waals surface area (Å²) in [4.78, 5) is 11.8. The summed E-state index contributed by atoms with van der Waals surface area (Å²) in [5, 5.41) is 5.67. The summed E-state index contributed by atoms with van der Waals surface area (Å²) in [6.45, 7) is 7.92. The summed E-state index contributed by atoms with van der Waals surface area (Å²) in [5.74, 6) is 0.798. The molecule has 5 heteroatoms. The van der Waals surface area contributed by atoms with E-state index in [1.807, 2.05) is 44.2 Å². The molecule has 1 aromatic carbocycles.